The van der Waals surface area contributed by atoms with Crippen LogP contribution in [0.5, 0.6) is 0 Å². The summed E-state index contributed by atoms with van der Waals surface area (Å²) < 4.78 is 57.9. The quantitative estimate of drug-likeness (QED) is 0.501. The molecule has 1 aromatic heterocycles. The van der Waals surface area contributed by atoms with Gasteiger partial charge in [0.05, 0.1) is 11.3 Å². The third-order valence-corrected chi connectivity index (χ3v) is 5.28. The third kappa shape index (κ3) is 8.40. The molecule has 1 aliphatic heterocycles. The normalized spacial score (nSPS) is 16.2. The van der Waals surface area contributed by atoms with Crippen LogP contribution in [0.15, 0.2) is 36.7 Å². The van der Waals surface area contributed by atoms with E-state index in [1.165, 1.54) is 40.1 Å². The number of hydrogen-bond acceptors (Lipinski definition) is 4. The maximum absolute atomic E-state index is 13.7. The van der Waals surface area contributed by atoms with Gasteiger partial charge >= 0.3 is 18.3 Å². The fourth-order valence-electron chi connectivity index (χ4n) is 3.72. The molecule has 0 bridgehead atoms. The Morgan fingerprint density at radius 2 is 1.86 bits per heavy atom. The number of urea groups is 1. The van der Waals surface area contributed by atoms with Gasteiger partial charge in [-0.25, -0.2) is 14.0 Å². The summed E-state index contributed by atoms with van der Waals surface area (Å²) in [4.78, 5) is 39.2. The summed E-state index contributed by atoms with van der Waals surface area (Å²) in [5.41, 5.74) is -0.492. The van der Waals surface area contributed by atoms with Gasteiger partial charge in [0.1, 0.15) is 18.0 Å². The molecular formula is C24H29F4N5O4. The maximum atomic E-state index is 13.7. The van der Waals surface area contributed by atoms with Crippen molar-refractivity contribution in [1.82, 2.24) is 20.1 Å². The van der Waals surface area contributed by atoms with Crippen LogP contribution in [0.4, 0.5) is 32.8 Å². The second-order valence-electron chi connectivity index (χ2n) is 9.63. The maximum Gasteiger partial charge on any atom is 0.410 e. The van der Waals surface area contributed by atoms with E-state index in [-0.39, 0.29) is 17.8 Å². The minimum atomic E-state index is -4.62. The number of halogens is 4. The van der Waals surface area contributed by atoms with E-state index in [0.717, 1.165) is 0 Å². The van der Waals surface area contributed by atoms with Crippen LogP contribution in [0, 0.1) is 5.82 Å². The van der Waals surface area contributed by atoms with Gasteiger partial charge in [-0.1, -0.05) is 6.07 Å². The Morgan fingerprint density at radius 1 is 1.14 bits per heavy atom. The van der Waals surface area contributed by atoms with E-state index in [4.69, 9.17) is 4.74 Å². The fraction of sp³-hybridized carbons (Fsp3) is 0.458. The van der Waals surface area contributed by atoms with Crippen molar-refractivity contribution >= 4 is 23.7 Å². The zero-order valence-electron chi connectivity index (χ0n) is 20.6. The second kappa shape index (κ2) is 11.1. The monoisotopic (exact) mass is 527 g/mol. The molecule has 3 rings (SSSR count). The summed E-state index contributed by atoms with van der Waals surface area (Å²) in [6.45, 7) is 4.33. The molecule has 2 heterocycles. The molecule has 2 aromatic rings. The van der Waals surface area contributed by atoms with Gasteiger partial charge in [0.2, 0.25) is 0 Å². The topological polar surface area (TPSA) is 105 Å². The highest BCUT2D eigenvalue weighted by Gasteiger charge is 2.30. The molecule has 4 amide bonds. The van der Waals surface area contributed by atoms with Gasteiger partial charge in [0.25, 0.3) is 5.91 Å². The second-order valence-corrected chi connectivity index (χ2v) is 9.63. The van der Waals surface area contributed by atoms with Gasteiger partial charge in [-0.15, -0.1) is 0 Å². The molecule has 9 nitrogen and oxygen atoms in total. The molecule has 1 aromatic carbocycles. The van der Waals surface area contributed by atoms with Crippen molar-refractivity contribution in [3.05, 3.63) is 48.0 Å². The molecule has 0 saturated carbocycles. The predicted molar refractivity (Wildman–Crippen MR) is 127 cm³/mol. The first-order valence-corrected chi connectivity index (χ1v) is 11.6. The number of ether oxygens (including phenoxy) is 1. The van der Waals surface area contributed by atoms with Gasteiger partial charge in [-0.3, -0.25) is 4.79 Å². The Bertz CT molecular complexity index is 1140. The summed E-state index contributed by atoms with van der Waals surface area (Å²) in [5.74, 6) is -1.17. The first-order chi connectivity index (χ1) is 17.2. The summed E-state index contributed by atoms with van der Waals surface area (Å²) in [6.07, 6.45) is -1.31. The van der Waals surface area contributed by atoms with Crippen molar-refractivity contribution in [1.29, 1.82) is 0 Å². The van der Waals surface area contributed by atoms with Crippen LogP contribution in [-0.4, -0.2) is 65.0 Å². The average Bonchev–Trinajstić information content (AvgIpc) is 3.20. The Kier molecular flexibility index (Phi) is 8.34. The number of anilines is 1. The van der Waals surface area contributed by atoms with Crippen molar-refractivity contribution in [3.63, 3.8) is 0 Å². The molecule has 3 N–H and O–H groups in total. The Labute approximate surface area is 211 Å². The number of aromatic nitrogens is 1. The number of likely N-dealkylation sites (tertiary alicyclic amines) is 1. The molecule has 0 radical (unpaired) electrons. The van der Waals surface area contributed by atoms with Gasteiger partial charge in [0, 0.05) is 37.2 Å². The summed E-state index contributed by atoms with van der Waals surface area (Å²) in [6, 6.07) is 3.81. The zero-order chi connectivity index (χ0) is 27.4. The van der Waals surface area contributed by atoms with E-state index in [2.05, 4.69) is 10.6 Å². The molecule has 1 aliphatic rings. The Balaban J connectivity index is 1.78. The van der Waals surface area contributed by atoms with Crippen LogP contribution < -0.4 is 16.0 Å². The first kappa shape index (κ1) is 27.8. The number of amides is 4. The van der Waals surface area contributed by atoms with Crippen LogP contribution in [0.3, 0.4) is 0 Å². The van der Waals surface area contributed by atoms with E-state index in [1.807, 2.05) is 0 Å². The van der Waals surface area contributed by atoms with Crippen molar-refractivity contribution in [2.45, 2.75) is 51.4 Å². The van der Waals surface area contributed by atoms with E-state index in [9.17, 15) is 31.9 Å². The average molecular weight is 528 g/mol. The predicted octanol–water partition coefficient (Wildman–Crippen LogP) is 4.43. The molecule has 37 heavy (non-hydrogen) atoms. The highest BCUT2D eigenvalue weighted by atomic mass is 19.4. The number of benzene rings is 1. The lowest BCUT2D eigenvalue weighted by atomic mass is 10.1. The SMILES string of the molecule is CC(C)(C)OC(=O)N1CCCC(NC(=O)c2cn(-c3cccc(F)c3)cc2NC(=O)NCC(F)(F)F)C1. The van der Waals surface area contributed by atoms with Gasteiger partial charge in [-0.2, -0.15) is 13.2 Å². The molecule has 1 atom stereocenters. The smallest absolute Gasteiger partial charge is 0.410 e. The van der Waals surface area contributed by atoms with Crippen molar-refractivity contribution in [2.75, 3.05) is 25.0 Å². The first-order valence-electron chi connectivity index (χ1n) is 11.6. The lowest BCUT2D eigenvalue weighted by Gasteiger charge is -2.34. The van der Waals surface area contributed by atoms with Gasteiger partial charge < -0.3 is 30.2 Å². The fourth-order valence-corrected chi connectivity index (χ4v) is 3.72. The number of carbonyl (C=O) groups excluding carboxylic acids is 3. The summed E-state index contributed by atoms with van der Waals surface area (Å²) >= 11 is 0. The number of carbonyl (C=O) groups is 3. The van der Waals surface area contributed by atoms with E-state index in [0.29, 0.717) is 25.1 Å². The molecule has 1 saturated heterocycles. The van der Waals surface area contributed by atoms with Crippen LogP contribution in [0.25, 0.3) is 5.69 Å². The number of alkyl halides is 3. The number of piperidine rings is 1. The number of rotatable bonds is 5. The molecule has 0 aliphatic carbocycles. The number of nitrogens with one attached hydrogen (secondary N) is 3. The van der Waals surface area contributed by atoms with Crippen LogP contribution in [0.2, 0.25) is 0 Å². The Morgan fingerprint density at radius 3 is 2.51 bits per heavy atom. The molecule has 0 spiro atoms. The molecule has 202 valence electrons. The summed E-state index contributed by atoms with van der Waals surface area (Å²) in [5, 5.41) is 6.73. The van der Waals surface area contributed by atoms with E-state index in [1.54, 1.807) is 32.2 Å². The van der Waals surface area contributed by atoms with Crippen molar-refractivity contribution in [2.24, 2.45) is 0 Å². The molecular weight excluding hydrogens is 498 g/mol. The number of nitrogens with zero attached hydrogens (tertiary/aromatic N) is 2. The van der Waals surface area contributed by atoms with Crippen LogP contribution >= 0.6 is 0 Å². The standard InChI is InChI=1S/C24H29F4N5O4/c1-23(2,3)37-22(36)32-9-5-7-16(11-32)30-20(34)18-12-33(17-8-4-6-15(25)10-17)13-19(18)31-21(35)29-14-24(26,27)28/h4,6,8,10,12-13,16H,5,7,9,11,14H2,1-3H3,(H,30,34)(H2,29,31,35). The highest BCUT2D eigenvalue weighted by Crippen LogP contribution is 2.23. The summed E-state index contributed by atoms with van der Waals surface area (Å²) in [7, 11) is 0. The minimum absolute atomic E-state index is 0.0548. The third-order valence-electron chi connectivity index (χ3n) is 5.28. The van der Waals surface area contributed by atoms with E-state index < -0.39 is 48.2 Å². The molecule has 1 fully saturated rings. The van der Waals surface area contributed by atoms with Crippen molar-refractivity contribution in [3.8, 4) is 5.69 Å². The van der Waals surface area contributed by atoms with Gasteiger partial charge in [0.15, 0.2) is 0 Å². The van der Waals surface area contributed by atoms with E-state index >= 15 is 0 Å². The molecule has 13 heteroatoms. The van der Waals surface area contributed by atoms with Gasteiger partial charge in [-0.05, 0) is 51.8 Å². The largest absolute Gasteiger partial charge is 0.444 e. The Hall–Kier alpha value is -3.77. The van der Waals surface area contributed by atoms with Crippen molar-refractivity contribution < 1.29 is 36.7 Å². The zero-order valence-corrected chi connectivity index (χ0v) is 20.6. The number of hydrogen-bond donors (Lipinski definition) is 3. The minimum Gasteiger partial charge on any atom is -0.444 e. The molecule has 1 unspecified atom stereocenters. The van der Waals surface area contributed by atoms with Crippen LogP contribution in [-0.2, 0) is 4.74 Å². The highest BCUT2D eigenvalue weighted by molar-refractivity contribution is 6.03. The lowest BCUT2D eigenvalue weighted by Crippen LogP contribution is -2.50. The lowest BCUT2D eigenvalue weighted by molar-refractivity contribution is -0.122. The van der Waals surface area contributed by atoms with Crippen LogP contribution in [0.1, 0.15) is 44.0 Å².